The Kier molecular flexibility index (Phi) is 7.32. The Balaban J connectivity index is 1.42. The number of benzene rings is 3. The van der Waals surface area contributed by atoms with Crippen molar-refractivity contribution >= 4 is 52.2 Å². The van der Waals surface area contributed by atoms with Crippen molar-refractivity contribution in [2.24, 2.45) is 5.10 Å². The molecule has 6 nitrogen and oxygen atoms in total. The fourth-order valence-electron chi connectivity index (χ4n) is 3.31. The number of rotatable bonds is 8. The molecule has 1 aromatic heterocycles. The van der Waals surface area contributed by atoms with Gasteiger partial charge in [-0.05, 0) is 41.5 Å². The maximum atomic E-state index is 12.4. The van der Waals surface area contributed by atoms with Gasteiger partial charge in [-0.3, -0.25) is 4.79 Å². The van der Waals surface area contributed by atoms with Gasteiger partial charge in [0.15, 0.2) is 5.16 Å². The standard InChI is InChI=1S/C25H24ClN5OS/c1-30(2)20-13-11-18(12-14-20)15-27-29-24(32)17-33-25-28-22-9-5-6-10-23(22)31(25)16-19-7-3-4-8-21(19)26/h3-15H,16-17H2,1-2H3,(H,29,32)/b27-15+. The lowest BCUT2D eigenvalue weighted by Gasteiger charge is -2.11. The summed E-state index contributed by atoms with van der Waals surface area (Å²) in [7, 11) is 3.98. The van der Waals surface area contributed by atoms with Gasteiger partial charge in [-0.2, -0.15) is 5.10 Å². The first-order valence-corrected chi connectivity index (χ1v) is 11.8. The molecule has 0 fully saturated rings. The van der Waals surface area contributed by atoms with Crippen molar-refractivity contribution in [2.75, 3.05) is 24.7 Å². The van der Waals surface area contributed by atoms with E-state index < -0.39 is 0 Å². The van der Waals surface area contributed by atoms with E-state index in [1.807, 2.05) is 91.8 Å². The van der Waals surface area contributed by atoms with Gasteiger partial charge in [0.25, 0.3) is 5.91 Å². The highest BCUT2D eigenvalue weighted by Crippen LogP contribution is 2.27. The van der Waals surface area contributed by atoms with Gasteiger partial charge in [0.1, 0.15) is 0 Å². The van der Waals surface area contributed by atoms with Gasteiger partial charge in [-0.1, -0.05) is 65.8 Å². The van der Waals surface area contributed by atoms with E-state index in [1.54, 1.807) is 6.21 Å². The van der Waals surface area contributed by atoms with E-state index in [0.29, 0.717) is 11.6 Å². The summed E-state index contributed by atoms with van der Waals surface area (Å²) in [4.78, 5) is 19.1. The monoisotopic (exact) mass is 477 g/mol. The smallest absolute Gasteiger partial charge is 0.250 e. The highest BCUT2D eigenvalue weighted by Gasteiger charge is 2.14. The van der Waals surface area contributed by atoms with Crippen LogP contribution in [-0.4, -0.2) is 41.5 Å². The lowest BCUT2D eigenvalue weighted by Crippen LogP contribution is -2.20. The average molecular weight is 478 g/mol. The first kappa shape index (κ1) is 22.9. The molecule has 1 heterocycles. The Morgan fingerprint density at radius 2 is 1.82 bits per heavy atom. The Hall–Kier alpha value is -3.29. The number of carbonyl (C=O) groups is 1. The molecule has 0 bridgehead atoms. The van der Waals surface area contributed by atoms with Crippen molar-refractivity contribution in [2.45, 2.75) is 11.7 Å². The van der Waals surface area contributed by atoms with E-state index in [9.17, 15) is 4.79 Å². The fraction of sp³-hybridized carbons (Fsp3) is 0.160. The zero-order valence-electron chi connectivity index (χ0n) is 18.4. The van der Waals surface area contributed by atoms with Gasteiger partial charge >= 0.3 is 0 Å². The van der Waals surface area contributed by atoms with Crippen LogP contribution in [0.4, 0.5) is 5.69 Å². The minimum absolute atomic E-state index is 0.197. The highest BCUT2D eigenvalue weighted by atomic mass is 35.5. The van der Waals surface area contributed by atoms with E-state index >= 15 is 0 Å². The Morgan fingerprint density at radius 3 is 2.58 bits per heavy atom. The summed E-state index contributed by atoms with van der Waals surface area (Å²) >= 11 is 7.76. The molecule has 0 unspecified atom stereocenters. The lowest BCUT2D eigenvalue weighted by molar-refractivity contribution is -0.118. The number of aromatic nitrogens is 2. The normalized spacial score (nSPS) is 11.2. The van der Waals surface area contributed by atoms with Gasteiger partial charge in [-0.15, -0.1) is 0 Å². The first-order chi connectivity index (χ1) is 16.0. The summed E-state index contributed by atoms with van der Waals surface area (Å²) in [5.41, 5.74) is 7.49. The van der Waals surface area contributed by atoms with E-state index in [0.717, 1.165) is 33.0 Å². The number of nitrogens with one attached hydrogen (secondary N) is 1. The van der Waals surface area contributed by atoms with Crippen LogP contribution in [0.3, 0.4) is 0 Å². The molecule has 0 radical (unpaired) electrons. The zero-order chi connectivity index (χ0) is 23.2. The minimum atomic E-state index is -0.197. The lowest BCUT2D eigenvalue weighted by atomic mass is 10.2. The zero-order valence-corrected chi connectivity index (χ0v) is 20.0. The maximum Gasteiger partial charge on any atom is 0.250 e. The third-order valence-electron chi connectivity index (χ3n) is 5.05. The van der Waals surface area contributed by atoms with Crippen LogP contribution >= 0.6 is 23.4 Å². The molecule has 1 N–H and O–H groups in total. The van der Waals surface area contributed by atoms with E-state index in [2.05, 4.69) is 15.1 Å². The SMILES string of the molecule is CN(C)c1ccc(/C=N/NC(=O)CSc2nc3ccccc3n2Cc2ccccc2Cl)cc1. The van der Waals surface area contributed by atoms with Crippen molar-refractivity contribution in [3.8, 4) is 0 Å². The molecule has 3 aromatic carbocycles. The second-order valence-electron chi connectivity index (χ2n) is 7.63. The quantitative estimate of drug-likeness (QED) is 0.219. The number of imidazole rings is 1. The second kappa shape index (κ2) is 10.6. The number of para-hydroxylation sites is 2. The van der Waals surface area contributed by atoms with Crippen LogP contribution < -0.4 is 10.3 Å². The van der Waals surface area contributed by atoms with Crippen LogP contribution in [0.15, 0.2) is 83.1 Å². The largest absolute Gasteiger partial charge is 0.378 e. The van der Waals surface area contributed by atoms with Crippen LogP contribution in [0.1, 0.15) is 11.1 Å². The number of hydrazone groups is 1. The molecule has 1 amide bonds. The molecule has 0 saturated carbocycles. The van der Waals surface area contributed by atoms with E-state index in [-0.39, 0.29) is 11.7 Å². The molecule has 0 aliphatic heterocycles. The first-order valence-electron chi connectivity index (χ1n) is 10.4. The molecular weight excluding hydrogens is 454 g/mol. The molecule has 0 spiro atoms. The van der Waals surface area contributed by atoms with E-state index in [4.69, 9.17) is 16.6 Å². The van der Waals surface area contributed by atoms with Crippen LogP contribution in [-0.2, 0) is 11.3 Å². The molecule has 8 heteroatoms. The maximum absolute atomic E-state index is 12.4. The summed E-state index contributed by atoms with van der Waals surface area (Å²) in [6, 6.07) is 23.6. The van der Waals surface area contributed by atoms with Gasteiger partial charge in [0.2, 0.25) is 0 Å². The van der Waals surface area contributed by atoms with Crippen molar-refractivity contribution in [1.82, 2.24) is 15.0 Å². The summed E-state index contributed by atoms with van der Waals surface area (Å²) in [5.74, 6) is 0.000425. The summed E-state index contributed by atoms with van der Waals surface area (Å²) in [6.07, 6.45) is 1.63. The second-order valence-corrected chi connectivity index (χ2v) is 8.98. The number of fused-ring (bicyclic) bond motifs is 1. The minimum Gasteiger partial charge on any atom is -0.378 e. The van der Waals surface area contributed by atoms with Gasteiger partial charge in [0.05, 0.1) is 29.5 Å². The fourth-order valence-corrected chi connectivity index (χ4v) is 4.31. The number of carbonyl (C=O) groups excluding carboxylic acids is 1. The molecule has 0 aliphatic rings. The molecular formula is C25H24ClN5OS. The predicted octanol–water partition coefficient (Wildman–Crippen LogP) is 5.05. The van der Waals surface area contributed by atoms with Crippen LogP contribution in [0, 0.1) is 0 Å². The van der Waals surface area contributed by atoms with Crippen molar-refractivity contribution in [1.29, 1.82) is 0 Å². The number of nitrogens with zero attached hydrogens (tertiary/aromatic N) is 4. The number of halogens is 1. The number of anilines is 1. The molecule has 4 rings (SSSR count). The van der Waals surface area contributed by atoms with Crippen molar-refractivity contribution in [3.05, 3.63) is 88.9 Å². The number of hydrogen-bond acceptors (Lipinski definition) is 5. The topological polar surface area (TPSA) is 62.5 Å². The molecule has 0 atom stereocenters. The third kappa shape index (κ3) is 5.74. The van der Waals surface area contributed by atoms with Crippen LogP contribution in [0.2, 0.25) is 5.02 Å². The summed E-state index contributed by atoms with van der Waals surface area (Å²) < 4.78 is 2.09. The predicted molar refractivity (Wildman–Crippen MR) is 138 cm³/mol. The molecule has 0 saturated heterocycles. The molecule has 168 valence electrons. The van der Waals surface area contributed by atoms with Gasteiger partial charge in [0, 0.05) is 24.8 Å². The number of amides is 1. The Bertz CT molecular complexity index is 1280. The summed E-state index contributed by atoms with van der Waals surface area (Å²) in [6.45, 7) is 0.575. The van der Waals surface area contributed by atoms with E-state index in [1.165, 1.54) is 11.8 Å². The molecule has 33 heavy (non-hydrogen) atoms. The summed E-state index contributed by atoms with van der Waals surface area (Å²) in [5, 5.41) is 5.54. The van der Waals surface area contributed by atoms with Crippen LogP contribution in [0.5, 0.6) is 0 Å². The highest BCUT2D eigenvalue weighted by molar-refractivity contribution is 7.99. The third-order valence-corrected chi connectivity index (χ3v) is 6.40. The van der Waals surface area contributed by atoms with Crippen molar-refractivity contribution in [3.63, 3.8) is 0 Å². The molecule has 0 aliphatic carbocycles. The average Bonchev–Trinajstić information content (AvgIpc) is 3.17. The van der Waals surface area contributed by atoms with Crippen molar-refractivity contribution < 1.29 is 4.79 Å². The number of hydrogen-bond donors (Lipinski definition) is 1. The molecule has 4 aromatic rings. The number of thioether (sulfide) groups is 1. The Morgan fingerprint density at radius 1 is 1.09 bits per heavy atom. The Labute approximate surface area is 202 Å². The van der Waals surface area contributed by atoms with Gasteiger partial charge in [-0.25, -0.2) is 10.4 Å². The van der Waals surface area contributed by atoms with Gasteiger partial charge < -0.3 is 9.47 Å². The van der Waals surface area contributed by atoms with Crippen LogP contribution in [0.25, 0.3) is 11.0 Å².